The minimum atomic E-state index is -0.879. The summed E-state index contributed by atoms with van der Waals surface area (Å²) < 4.78 is 0. The molecule has 0 aromatic heterocycles. The third-order valence-corrected chi connectivity index (χ3v) is 3.15. The first-order valence-corrected chi connectivity index (χ1v) is 6.37. The van der Waals surface area contributed by atoms with Crippen LogP contribution in [0.5, 0.6) is 0 Å². The van der Waals surface area contributed by atoms with Gasteiger partial charge in [-0.3, -0.25) is 4.79 Å². The molecule has 1 aromatic carbocycles. The van der Waals surface area contributed by atoms with Crippen LogP contribution in [0.1, 0.15) is 13.8 Å². The normalized spacial score (nSPS) is 11.0. The maximum absolute atomic E-state index is 11.8. The Morgan fingerprint density at radius 1 is 1.53 bits per heavy atom. The predicted molar refractivity (Wildman–Crippen MR) is 74.3 cm³/mol. The summed E-state index contributed by atoms with van der Waals surface area (Å²) in [6.07, 6.45) is 1.83. The van der Waals surface area contributed by atoms with Gasteiger partial charge in [0.15, 0.2) is 0 Å². The zero-order valence-electron chi connectivity index (χ0n) is 10.2. The minimum absolute atomic E-state index is 0.191. The van der Waals surface area contributed by atoms with E-state index >= 15 is 0 Å². The highest BCUT2D eigenvalue weighted by Gasteiger charge is 2.22. The van der Waals surface area contributed by atoms with Crippen LogP contribution in [0.15, 0.2) is 41.8 Å². The van der Waals surface area contributed by atoms with Crippen LogP contribution in [0.25, 0.3) is 0 Å². The Hall–Kier alpha value is -1.26. The van der Waals surface area contributed by atoms with E-state index in [1.54, 1.807) is 25.6 Å². The van der Waals surface area contributed by atoms with Crippen molar-refractivity contribution in [3.63, 3.8) is 0 Å². The third kappa shape index (κ3) is 4.24. The van der Waals surface area contributed by atoms with Crippen LogP contribution >= 0.6 is 11.8 Å². The fourth-order valence-electron chi connectivity index (χ4n) is 1.13. The van der Waals surface area contributed by atoms with Crippen molar-refractivity contribution in [1.29, 1.82) is 0 Å². The molecule has 1 rings (SSSR count). The van der Waals surface area contributed by atoms with Gasteiger partial charge in [-0.2, -0.15) is 0 Å². The molecule has 0 heterocycles. The van der Waals surface area contributed by atoms with Gasteiger partial charge in [0.1, 0.15) is 0 Å². The largest absolute Gasteiger partial charge is 0.323 e. The van der Waals surface area contributed by atoms with Crippen LogP contribution in [0.2, 0.25) is 0 Å². The smallest absolute Gasteiger partial charge is 0.243 e. The SMILES string of the molecule is C=CCSc1ccccc1NC(=O)C(C)(C)N. The Kier molecular flexibility index (Phi) is 4.78. The van der Waals surface area contributed by atoms with Crippen LogP contribution in [0.3, 0.4) is 0 Å². The molecule has 1 aromatic rings. The van der Waals surface area contributed by atoms with E-state index in [4.69, 9.17) is 5.73 Å². The first kappa shape index (κ1) is 13.8. The second-order valence-corrected chi connectivity index (χ2v) is 5.33. The zero-order valence-corrected chi connectivity index (χ0v) is 11.0. The monoisotopic (exact) mass is 250 g/mol. The van der Waals surface area contributed by atoms with Crippen LogP contribution < -0.4 is 11.1 Å². The van der Waals surface area contributed by atoms with E-state index in [2.05, 4.69) is 11.9 Å². The molecule has 0 spiro atoms. The quantitative estimate of drug-likeness (QED) is 0.624. The lowest BCUT2D eigenvalue weighted by atomic mass is 10.1. The summed E-state index contributed by atoms with van der Waals surface area (Å²) in [6, 6.07) is 7.66. The maximum Gasteiger partial charge on any atom is 0.243 e. The lowest BCUT2D eigenvalue weighted by Crippen LogP contribution is -2.45. The third-order valence-electron chi connectivity index (χ3n) is 2.08. The number of carbonyl (C=O) groups excluding carboxylic acids is 1. The summed E-state index contributed by atoms with van der Waals surface area (Å²) in [6.45, 7) is 7.04. The number of nitrogens with one attached hydrogen (secondary N) is 1. The highest BCUT2D eigenvalue weighted by atomic mass is 32.2. The number of carbonyl (C=O) groups is 1. The number of hydrogen-bond donors (Lipinski definition) is 2. The number of thioether (sulfide) groups is 1. The van der Waals surface area contributed by atoms with Gasteiger partial charge >= 0.3 is 0 Å². The first-order chi connectivity index (χ1) is 7.95. The fraction of sp³-hybridized carbons (Fsp3) is 0.308. The summed E-state index contributed by atoms with van der Waals surface area (Å²) in [7, 11) is 0. The lowest BCUT2D eigenvalue weighted by Gasteiger charge is -2.19. The highest BCUT2D eigenvalue weighted by Crippen LogP contribution is 2.27. The Morgan fingerprint density at radius 2 is 2.18 bits per heavy atom. The molecule has 0 aliphatic heterocycles. The summed E-state index contributed by atoms with van der Waals surface area (Å²) in [5.41, 5.74) is 5.66. The van der Waals surface area contributed by atoms with Gasteiger partial charge in [-0.05, 0) is 26.0 Å². The van der Waals surface area contributed by atoms with Crippen LogP contribution in [0, 0.1) is 0 Å². The zero-order chi connectivity index (χ0) is 12.9. The number of hydrogen-bond acceptors (Lipinski definition) is 3. The molecular weight excluding hydrogens is 232 g/mol. The van der Waals surface area contributed by atoms with Crippen LogP contribution in [-0.4, -0.2) is 17.2 Å². The van der Waals surface area contributed by atoms with Crippen LogP contribution in [0.4, 0.5) is 5.69 Å². The lowest BCUT2D eigenvalue weighted by molar-refractivity contribution is -0.120. The Morgan fingerprint density at radius 3 is 2.76 bits per heavy atom. The standard InChI is InChI=1S/C13H18N2OS/c1-4-9-17-11-8-6-5-7-10(11)15-12(16)13(2,3)14/h4-8H,1,9,14H2,2-3H3,(H,15,16). The average molecular weight is 250 g/mol. The van der Waals surface area contributed by atoms with E-state index in [0.29, 0.717) is 0 Å². The van der Waals surface area contributed by atoms with E-state index in [-0.39, 0.29) is 5.91 Å². The number of para-hydroxylation sites is 1. The molecule has 0 bridgehead atoms. The summed E-state index contributed by atoms with van der Waals surface area (Å²) in [5, 5.41) is 2.84. The topological polar surface area (TPSA) is 55.1 Å². The molecule has 0 radical (unpaired) electrons. The molecule has 3 nitrogen and oxygen atoms in total. The summed E-state index contributed by atoms with van der Waals surface area (Å²) in [5.74, 6) is 0.614. The van der Waals surface area contributed by atoms with Crippen molar-refractivity contribution >= 4 is 23.4 Å². The Labute approximate surface area is 106 Å². The van der Waals surface area contributed by atoms with Crippen molar-refractivity contribution in [3.05, 3.63) is 36.9 Å². The summed E-state index contributed by atoms with van der Waals surface area (Å²) >= 11 is 1.63. The van der Waals surface area contributed by atoms with Crippen LogP contribution in [-0.2, 0) is 4.79 Å². The molecule has 0 aliphatic carbocycles. The maximum atomic E-state index is 11.8. The number of rotatable bonds is 5. The van der Waals surface area contributed by atoms with Gasteiger partial charge in [0.25, 0.3) is 0 Å². The van der Waals surface area contributed by atoms with E-state index < -0.39 is 5.54 Å². The Bertz CT molecular complexity index is 410. The van der Waals surface area contributed by atoms with Gasteiger partial charge in [-0.15, -0.1) is 18.3 Å². The second-order valence-electron chi connectivity index (χ2n) is 4.27. The van der Waals surface area contributed by atoms with Crippen molar-refractivity contribution in [2.45, 2.75) is 24.3 Å². The molecule has 1 amide bonds. The molecule has 4 heteroatoms. The first-order valence-electron chi connectivity index (χ1n) is 5.38. The van der Waals surface area contributed by atoms with E-state index in [1.165, 1.54) is 0 Å². The molecule has 0 atom stereocenters. The molecule has 0 fully saturated rings. The predicted octanol–water partition coefficient (Wildman–Crippen LogP) is 2.64. The van der Waals surface area contributed by atoms with Gasteiger partial charge < -0.3 is 11.1 Å². The number of anilines is 1. The molecule has 0 saturated heterocycles. The number of nitrogens with two attached hydrogens (primary N) is 1. The highest BCUT2D eigenvalue weighted by molar-refractivity contribution is 7.99. The molecule has 0 aliphatic rings. The minimum Gasteiger partial charge on any atom is -0.323 e. The van der Waals surface area contributed by atoms with Crippen molar-refractivity contribution < 1.29 is 4.79 Å². The van der Waals surface area contributed by atoms with Gasteiger partial charge in [0, 0.05) is 10.6 Å². The van der Waals surface area contributed by atoms with E-state index in [0.717, 1.165) is 16.3 Å². The molecule has 3 N–H and O–H groups in total. The Balaban J connectivity index is 2.83. The van der Waals surface area contributed by atoms with E-state index in [1.807, 2.05) is 30.3 Å². The molecular formula is C13H18N2OS. The second kappa shape index (κ2) is 5.89. The van der Waals surface area contributed by atoms with E-state index in [9.17, 15) is 4.79 Å². The van der Waals surface area contributed by atoms with Crippen molar-refractivity contribution in [3.8, 4) is 0 Å². The molecule has 92 valence electrons. The van der Waals surface area contributed by atoms with Gasteiger partial charge in [0.2, 0.25) is 5.91 Å². The van der Waals surface area contributed by atoms with Crippen molar-refractivity contribution in [1.82, 2.24) is 0 Å². The molecule has 17 heavy (non-hydrogen) atoms. The molecule has 0 saturated carbocycles. The van der Waals surface area contributed by atoms with Gasteiger partial charge in [-0.1, -0.05) is 18.2 Å². The van der Waals surface area contributed by atoms with Crippen molar-refractivity contribution in [2.24, 2.45) is 5.73 Å². The molecule has 0 unspecified atom stereocenters. The number of amides is 1. The fourth-order valence-corrected chi connectivity index (χ4v) is 1.87. The summed E-state index contributed by atoms with van der Waals surface area (Å²) in [4.78, 5) is 12.8. The van der Waals surface area contributed by atoms with Gasteiger partial charge in [0.05, 0.1) is 11.2 Å². The van der Waals surface area contributed by atoms with Gasteiger partial charge in [-0.25, -0.2) is 0 Å². The average Bonchev–Trinajstić information content (AvgIpc) is 2.26. The number of benzene rings is 1. The van der Waals surface area contributed by atoms with Crippen molar-refractivity contribution in [2.75, 3.05) is 11.1 Å².